The van der Waals surface area contributed by atoms with Crippen molar-refractivity contribution in [2.45, 2.75) is 6.42 Å². The highest BCUT2D eigenvalue weighted by molar-refractivity contribution is 7.82. The number of nitrogens with zero attached hydrogens (tertiary/aromatic N) is 1. The third kappa shape index (κ3) is 4.46. The first-order valence-corrected chi connectivity index (χ1v) is 5.30. The fraction of sp³-hybridized carbons (Fsp3) is 0.667. The Bertz CT molecular complexity index is 298. The summed E-state index contributed by atoms with van der Waals surface area (Å²) in [5.41, 5.74) is 0. The summed E-state index contributed by atoms with van der Waals surface area (Å²) in [5, 5.41) is 0. The second-order valence-electron chi connectivity index (χ2n) is 3.59. The number of carbonyl (C=O) groups is 2. The van der Waals surface area contributed by atoms with Crippen LogP contribution in [0.3, 0.4) is 0 Å². The molecule has 0 aliphatic carbocycles. The molecule has 0 aromatic carbocycles. The van der Waals surface area contributed by atoms with E-state index in [0.29, 0.717) is 4.99 Å². The number of hydrogen-bond donors (Lipinski definition) is 1. The molecule has 0 fully saturated rings. The molecule has 0 heterocycles. The smallest absolute Gasteiger partial charge is 0.320 e. The third-order valence-electron chi connectivity index (χ3n) is 1.92. The van der Waals surface area contributed by atoms with Gasteiger partial charge in [-0.1, -0.05) is 0 Å². The Morgan fingerprint density at radius 2 is 1.81 bits per heavy atom. The van der Waals surface area contributed by atoms with Gasteiger partial charge in [-0.15, -0.1) is 0 Å². The van der Waals surface area contributed by atoms with Crippen molar-refractivity contribution in [1.82, 2.24) is 0 Å². The summed E-state index contributed by atoms with van der Waals surface area (Å²) >= 11 is 9.32. The van der Waals surface area contributed by atoms with E-state index in [1.165, 1.54) is 14.2 Å². The van der Waals surface area contributed by atoms with Gasteiger partial charge in [-0.25, -0.2) is 3.89 Å². The van der Waals surface area contributed by atoms with Gasteiger partial charge < -0.3 is 9.47 Å². The lowest BCUT2D eigenvalue weighted by Crippen LogP contribution is -2.43. The minimum atomic E-state index is -0.819. The van der Waals surface area contributed by atoms with E-state index in [-0.39, 0.29) is 10.3 Å². The summed E-state index contributed by atoms with van der Waals surface area (Å²) in [4.78, 5) is 22.9. The number of esters is 2. The fourth-order valence-corrected chi connectivity index (χ4v) is 1.36. The van der Waals surface area contributed by atoms with E-state index in [1.807, 2.05) is 0 Å². The normalized spacial score (nSPS) is 12.8. The highest BCUT2D eigenvalue weighted by Crippen LogP contribution is 2.18. The van der Waals surface area contributed by atoms with Crippen molar-refractivity contribution in [1.29, 1.82) is 0 Å². The predicted molar refractivity (Wildman–Crippen MR) is 65.8 cm³/mol. The molecule has 0 aromatic heterocycles. The lowest BCUT2D eigenvalue weighted by molar-refractivity contribution is -0.642. The van der Waals surface area contributed by atoms with Gasteiger partial charge in [-0.2, -0.15) is 0 Å². The predicted octanol–water partition coefficient (Wildman–Crippen LogP) is 0.587. The summed E-state index contributed by atoms with van der Waals surface area (Å²) < 4.78 is 9.10. The summed E-state index contributed by atoms with van der Waals surface area (Å²) in [6.07, 6.45) is -0.135. The lowest BCUT2D eigenvalue weighted by Gasteiger charge is -2.25. The van der Waals surface area contributed by atoms with Crippen LogP contribution in [-0.2, 0) is 19.1 Å². The molecule has 5 nitrogen and oxygen atoms in total. The second kappa shape index (κ2) is 6.17. The molecule has 0 radical (unpaired) electrons. The second-order valence-corrected chi connectivity index (χ2v) is 5.01. The van der Waals surface area contributed by atoms with Crippen molar-refractivity contribution in [3.63, 3.8) is 0 Å². The van der Waals surface area contributed by atoms with Crippen LogP contribution in [0.25, 0.3) is 0 Å². The molecule has 0 spiro atoms. The number of hydrogen-bond acceptors (Lipinski definition) is 6. The Morgan fingerprint density at radius 1 is 1.31 bits per heavy atom. The SMILES string of the molecule is COC(=O)CC(C(=O)OC)C(=S)[N+](C)(C)S. The first-order valence-electron chi connectivity index (χ1n) is 4.49. The van der Waals surface area contributed by atoms with Crippen molar-refractivity contribution in [2.75, 3.05) is 28.3 Å². The molecule has 0 aliphatic heterocycles. The van der Waals surface area contributed by atoms with Gasteiger partial charge in [-0.05, 0) is 12.2 Å². The van der Waals surface area contributed by atoms with Crippen LogP contribution in [0.1, 0.15) is 6.42 Å². The zero-order valence-corrected chi connectivity index (χ0v) is 11.4. The van der Waals surface area contributed by atoms with Gasteiger partial charge in [0.25, 0.3) is 0 Å². The first-order chi connectivity index (χ1) is 7.23. The van der Waals surface area contributed by atoms with Crippen molar-refractivity contribution in [3.05, 3.63) is 0 Å². The molecular formula is C9H16NO4S2+. The zero-order chi connectivity index (χ0) is 12.9. The highest BCUT2D eigenvalue weighted by Gasteiger charge is 2.36. The number of carbonyl (C=O) groups excluding carboxylic acids is 2. The van der Waals surface area contributed by atoms with Crippen molar-refractivity contribution < 1.29 is 23.0 Å². The van der Waals surface area contributed by atoms with Gasteiger partial charge >= 0.3 is 11.9 Å². The Balaban J connectivity index is 4.89. The molecule has 0 saturated carbocycles. The number of thiol groups is 1. The number of ether oxygens (including phenoxy) is 2. The van der Waals surface area contributed by atoms with Crippen LogP contribution in [-0.4, -0.2) is 49.1 Å². The molecule has 1 unspecified atom stereocenters. The van der Waals surface area contributed by atoms with E-state index in [1.54, 1.807) is 14.1 Å². The Labute approximate surface area is 106 Å². The summed E-state index contributed by atoms with van der Waals surface area (Å²) in [7, 11) is 5.88. The Morgan fingerprint density at radius 3 is 2.12 bits per heavy atom. The average Bonchev–Trinajstić information content (AvgIpc) is 2.22. The maximum Gasteiger partial charge on any atom is 0.320 e. The standard InChI is InChI=1S/C9H16NO4S2/c1-10(2,16)8(15)6(9(12)14-4)5-7(11)13-3/h6,16H,5H2,1-4H3/q+1. The molecule has 92 valence electrons. The van der Waals surface area contributed by atoms with Crippen molar-refractivity contribution in [3.8, 4) is 0 Å². The molecule has 0 aromatic rings. The Kier molecular flexibility index (Phi) is 5.91. The molecule has 0 bridgehead atoms. The van der Waals surface area contributed by atoms with E-state index in [4.69, 9.17) is 12.2 Å². The molecular weight excluding hydrogens is 250 g/mol. The van der Waals surface area contributed by atoms with E-state index < -0.39 is 17.9 Å². The maximum absolute atomic E-state index is 11.5. The fourth-order valence-electron chi connectivity index (χ4n) is 1.05. The van der Waals surface area contributed by atoms with Gasteiger partial charge in [-0.3, -0.25) is 9.59 Å². The van der Waals surface area contributed by atoms with Gasteiger partial charge in [0, 0.05) is 0 Å². The molecule has 0 aliphatic rings. The molecule has 0 rings (SSSR count). The van der Waals surface area contributed by atoms with Gasteiger partial charge in [0.1, 0.15) is 0 Å². The Hall–Kier alpha value is -0.660. The summed E-state index contributed by atoms with van der Waals surface area (Å²) in [6.45, 7) is 0. The monoisotopic (exact) mass is 266 g/mol. The van der Waals surface area contributed by atoms with Crippen LogP contribution in [0.2, 0.25) is 0 Å². The highest BCUT2D eigenvalue weighted by atomic mass is 32.1. The van der Waals surface area contributed by atoms with Gasteiger partial charge in [0.05, 0.1) is 47.6 Å². The van der Waals surface area contributed by atoms with Crippen LogP contribution in [0, 0.1) is 5.92 Å². The first kappa shape index (κ1) is 15.3. The van der Waals surface area contributed by atoms with Crippen LogP contribution in [0.4, 0.5) is 0 Å². The van der Waals surface area contributed by atoms with E-state index in [9.17, 15) is 9.59 Å². The van der Waals surface area contributed by atoms with Crippen molar-refractivity contribution >= 4 is 42.0 Å². The van der Waals surface area contributed by atoms with Crippen LogP contribution in [0.15, 0.2) is 0 Å². The van der Waals surface area contributed by atoms with E-state index in [2.05, 4.69) is 22.3 Å². The van der Waals surface area contributed by atoms with Gasteiger partial charge in [0.2, 0.25) is 0 Å². The van der Waals surface area contributed by atoms with Crippen LogP contribution in [0.5, 0.6) is 0 Å². The molecule has 0 N–H and O–H groups in total. The third-order valence-corrected chi connectivity index (χ3v) is 3.01. The topological polar surface area (TPSA) is 52.6 Å². The van der Waals surface area contributed by atoms with E-state index in [0.717, 1.165) is 0 Å². The maximum atomic E-state index is 11.5. The molecule has 7 heteroatoms. The summed E-state index contributed by atoms with van der Waals surface area (Å²) in [6, 6.07) is 0. The minimum absolute atomic E-state index is 0.00605. The number of quaternary nitrogens is 1. The average molecular weight is 266 g/mol. The number of rotatable bonds is 4. The van der Waals surface area contributed by atoms with E-state index >= 15 is 0 Å². The lowest BCUT2D eigenvalue weighted by atomic mass is 10.1. The number of methoxy groups -OCH3 is 2. The van der Waals surface area contributed by atoms with Crippen LogP contribution >= 0.6 is 25.0 Å². The zero-order valence-electron chi connectivity index (χ0n) is 9.72. The number of thiocarbonyl (C=S) groups is 1. The molecule has 0 amide bonds. The largest absolute Gasteiger partial charge is 0.469 e. The van der Waals surface area contributed by atoms with Crippen LogP contribution < -0.4 is 0 Å². The molecule has 0 saturated heterocycles. The quantitative estimate of drug-likeness (QED) is 0.349. The summed E-state index contributed by atoms with van der Waals surface area (Å²) in [5.74, 6) is -1.89. The minimum Gasteiger partial charge on any atom is -0.469 e. The molecule has 1 atom stereocenters. The van der Waals surface area contributed by atoms with Crippen molar-refractivity contribution in [2.24, 2.45) is 5.92 Å². The van der Waals surface area contributed by atoms with Gasteiger partial charge in [0.15, 0.2) is 10.9 Å². The molecule has 16 heavy (non-hydrogen) atoms.